The predicted octanol–water partition coefficient (Wildman–Crippen LogP) is 3.92. The van der Waals surface area contributed by atoms with E-state index in [1.807, 2.05) is 6.92 Å². The summed E-state index contributed by atoms with van der Waals surface area (Å²) in [7, 11) is 0. The van der Waals surface area contributed by atoms with E-state index in [9.17, 15) is 0 Å². The van der Waals surface area contributed by atoms with Gasteiger partial charge in [-0.15, -0.1) is 0 Å². The van der Waals surface area contributed by atoms with Crippen LogP contribution in [0.3, 0.4) is 0 Å². The first kappa shape index (κ1) is 13.4. The monoisotopic (exact) mass is 301 g/mol. The smallest absolute Gasteiger partial charge is 0.221 e. The molecule has 0 spiro atoms. The summed E-state index contributed by atoms with van der Waals surface area (Å²) in [4.78, 5) is 8.06. The third kappa shape index (κ3) is 2.69. The summed E-state index contributed by atoms with van der Waals surface area (Å²) in [6.07, 6.45) is 0.469. The maximum Gasteiger partial charge on any atom is 0.221 e. The number of hydrogen-bond donors (Lipinski definition) is 1. The third-order valence-electron chi connectivity index (χ3n) is 2.61. The summed E-state index contributed by atoms with van der Waals surface area (Å²) in [5, 5.41) is 1.53. The lowest BCUT2D eigenvalue weighted by Crippen LogP contribution is -2.04. The third-order valence-corrected chi connectivity index (χ3v) is 3.69. The molecule has 18 heavy (non-hydrogen) atoms. The molecule has 1 aromatic carbocycles. The number of hydrogen-bond acceptors (Lipinski definition) is 3. The van der Waals surface area contributed by atoms with Crippen molar-refractivity contribution in [1.82, 2.24) is 9.97 Å². The SMILES string of the molecule is Cc1c(Cl)nc(N)nc1Cc1c(Cl)cccc1Cl. The summed E-state index contributed by atoms with van der Waals surface area (Å²) < 4.78 is 0. The van der Waals surface area contributed by atoms with Crippen molar-refractivity contribution >= 4 is 40.8 Å². The van der Waals surface area contributed by atoms with Crippen LogP contribution in [0.25, 0.3) is 0 Å². The van der Waals surface area contributed by atoms with Crippen molar-refractivity contribution in [3.8, 4) is 0 Å². The zero-order chi connectivity index (χ0) is 13.3. The van der Waals surface area contributed by atoms with Gasteiger partial charge >= 0.3 is 0 Å². The Morgan fingerprint density at radius 3 is 2.33 bits per heavy atom. The zero-order valence-electron chi connectivity index (χ0n) is 9.54. The standard InChI is InChI=1S/C12H10Cl3N3/c1-6-10(17-12(16)18-11(6)15)5-7-8(13)3-2-4-9(7)14/h2-4H,5H2,1H3,(H2,16,17,18). The molecular formula is C12H10Cl3N3. The second kappa shape index (κ2) is 5.31. The van der Waals surface area contributed by atoms with Gasteiger partial charge in [-0.1, -0.05) is 40.9 Å². The van der Waals surface area contributed by atoms with Crippen molar-refractivity contribution in [2.45, 2.75) is 13.3 Å². The van der Waals surface area contributed by atoms with Crippen LogP contribution in [0.5, 0.6) is 0 Å². The molecule has 3 nitrogen and oxygen atoms in total. The maximum atomic E-state index is 6.12. The average molecular weight is 303 g/mol. The minimum Gasteiger partial charge on any atom is -0.368 e. The molecule has 0 saturated carbocycles. The van der Waals surface area contributed by atoms with Gasteiger partial charge in [-0.05, 0) is 24.6 Å². The number of nitrogen functional groups attached to an aromatic ring is 1. The lowest BCUT2D eigenvalue weighted by molar-refractivity contribution is 1.01. The van der Waals surface area contributed by atoms with E-state index in [4.69, 9.17) is 40.5 Å². The lowest BCUT2D eigenvalue weighted by atomic mass is 10.1. The molecular weight excluding hydrogens is 293 g/mol. The molecule has 2 aromatic rings. The molecule has 0 unspecified atom stereocenters. The quantitative estimate of drug-likeness (QED) is 0.855. The fourth-order valence-electron chi connectivity index (χ4n) is 1.59. The molecule has 6 heteroatoms. The second-order valence-electron chi connectivity index (χ2n) is 3.82. The second-order valence-corrected chi connectivity index (χ2v) is 4.99. The molecule has 2 N–H and O–H groups in total. The number of nitrogens with zero attached hydrogens (tertiary/aromatic N) is 2. The maximum absolute atomic E-state index is 6.12. The van der Waals surface area contributed by atoms with Crippen LogP contribution in [0.2, 0.25) is 15.2 Å². The van der Waals surface area contributed by atoms with Gasteiger partial charge in [0, 0.05) is 22.0 Å². The highest BCUT2D eigenvalue weighted by Gasteiger charge is 2.12. The number of aromatic nitrogens is 2. The van der Waals surface area contributed by atoms with Crippen LogP contribution < -0.4 is 5.73 Å². The number of halogens is 3. The molecule has 0 atom stereocenters. The predicted molar refractivity (Wildman–Crippen MR) is 75.5 cm³/mol. The van der Waals surface area contributed by atoms with Crippen LogP contribution in [0.1, 0.15) is 16.8 Å². The molecule has 0 aliphatic rings. The van der Waals surface area contributed by atoms with Crippen LogP contribution in [-0.4, -0.2) is 9.97 Å². The van der Waals surface area contributed by atoms with Gasteiger partial charge in [0.2, 0.25) is 5.95 Å². The number of nitrogens with two attached hydrogens (primary N) is 1. The Kier molecular flexibility index (Phi) is 3.95. The van der Waals surface area contributed by atoms with Gasteiger partial charge in [-0.2, -0.15) is 0 Å². The van der Waals surface area contributed by atoms with E-state index in [1.54, 1.807) is 18.2 Å². The van der Waals surface area contributed by atoms with E-state index in [0.717, 1.165) is 16.8 Å². The summed E-state index contributed by atoms with van der Waals surface area (Å²) in [6, 6.07) is 5.36. The number of anilines is 1. The first-order valence-corrected chi connectivity index (χ1v) is 6.34. The molecule has 94 valence electrons. The van der Waals surface area contributed by atoms with Crippen molar-refractivity contribution < 1.29 is 0 Å². The van der Waals surface area contributed by atoms with Gasteiger partial charge in [0.1, 0.15) is 5.15 Å². The van der Waals surface area contributed by atoms with Gasteiger partial charge in [-0.3, -0.25) is 0 Å². The minimum absolute atomic E-state index is 0.142. The van der Waals surface area contributed by atoms with Crippen molar-refractivity contribution in [2.24, 2.45) is 0 Å². The minimum atomic E-state index is 0.142. The van der Waals surface area contributed by atoms with Gasteiger partial charge in [-0.25, -0.2) is 9.97 Å². The lowest BCUT2D eigenvalue weighted by Gasteiger charge is -2.10. The molecule has 0 fully saturated rings. The van der Waals surface area contributed by atoms with Crippen LogP contribution in [0.4, 0.5) is 5.95 Å². The normalized spacial score (nSPS) is 10.7. The van der Waals surface area contributed by atoms with Crippen LogP contribution in [0, 0.1) is 6.92 Å². The van der Waals surface area contributed by atoms with Crippen LogP contribution >= 0.6 is 34.8 Å². The Morgan fingerprint density at radius 2 is 1.72 bits per heavy atom. The Bertz CT molecular complexity index is 579. The highest BCUT2D eigenvalue weighted by atomic mass is 35.5. The molecule has 0 amide bonds. The molecule has 0 bridgehead atoms. The summed E-state index contributed by atoms with van der Waals surface area (Å²) in [5.74, 6) is 0.142. The Labute approximate surface area is 120 Å². The van der Waals surface area contributed by atoms with E-state index in [-0.39, 0.29) is 5.95 Å². The molecule has 0 radical (unpaired) electrons. The largest absolute Gasteiger partial charge is 0.368 e. The molecule has 0 saturated heterocycles. The molecule has 0 aliphatic heterocycles. The van der Waals surface area contributed by atoms with E-state index in [0.29, 0.717) is 21.6 Å². The highest BCUT2D eigenvalue weighted by molar-refractivity contribution is 6.36. The summed E-state index contributed by atoms with van der Waals surface area (Å²) >= 11 is 18.2. The summed E-state index contributed by atoms with van der Waals surface area (Å²) in [5.41, 5.74) is 7.89. The van der Waals surface area contributed by atoms with Gasteiger partial charge in [0.05, 0.1) is 5.69 Å². The average Bonchev–Trinajstić information content (AvgIpc) is 2.30. The first-order chi connectivity index (χ1) is 8.49. The van der Waals surface area contributed by atoms with E-state index in [1.165, 1.54) is 0 Å². The zero-order valence-corrected chi connectivity index (χ0v) is 11.8. The summed E-state index contributed by atoms with van der Waals surface area (Å²) in [6.45, 7) is 1.84. The molecule has 1 heterocycles. The van der Waals surface area contributed by atoms with Gasteiger partial charge in [0.15, 0.2) is 0 Å². The van der Waals surface area contributed by atoms with Gasteiger partial charge in [0.25, 0.3) is 0 Å². The highest BCUT2D eigenvalue weighted by Crippen LogP contribution is 2.28. The van der Waals surface area contributed by atoms with Crippen LogP contribution in [-0.2, 0) is 6.42 Å². The van der Waals surface area contributed by atoms with Crippen LogP contribution in [0.15, 0.2) is 18.2 Å². The molecule has 2 rings (SSSR count). The van der Waals surface area contributed by atoms with Crippen molar-refractivity contribution in [3.05, 3.63) is 50.2 Å². The fraction of sp³-hybridized carbons (Fsp3) is 0.167. The number of rotatable bonds is 2. The number of benzene rings is 1. The molecule has 0 aliphatic carbocycles. The first-order valence-electron chi connectivity index (χ1n) is 5.20. The van der Waals surface area contributed by atoms with Gasteiger partial charge < -0.3 is 5.73 Å². The van der Waals surface area contributed by atoms with E-state index < -0.39 is 0 Å². The van der Waals surface area contributed by atoms with E-state index >= 15 is 0 Å². The van der Waals surface area contributed by atoms with Crippen molar-refractivity contribution in [2.75, 3.05) is 5.73 Å². The Morgan fingerprint density at radius 1 is 1.11 bits per heavy atom. The Hall–Kier alpha value is -1.03. The van der Waals surface area contributed by atoms with Crippen molar-refractivity contribution in [1.29, 1.82) is 0 Å². The Balaban J connectivity index is 2.46. The van der Waals surface area contributed by atoms with E-state index in [2.05, 4.69) is 9.97 Å². The topological polar surface area (TPSA) is 51.8 Å². The van der Waals surface area contributed by atoms with Crippen molar-refractivity contribution in [3.63, 3.8) is 0 Å². The fourth-order valence-corrected chi connectivity index (χ4v) is 2.32. The molecule has 1 aromatic heterocycles.